The van der Waals surface area contributed by atoms with E-state index in [1.807, 2.05) is 0 Å². The van der Waals surface area contributed by atoms with Gasteiger partial charge >= 0.3 is 6.09 Å². The molecule has 0 bridgehead atoms. The van der Waals surface area contributed by atoms with Gasteiger partial charge in [-0.3, -0.25) is 0 Å². The van der Waals surface area contributed by atoms with Gasteiger partial charge in [0.05, 0.1) is 24.4 Å². The highest BCUT2D eigenvalue weighted by molar-refractivity contribution is 6.30. The van der Waals surface area contributed by atoms with E-state index in [0.29, 0.717) is 18.1 Å². The smallest absolute Gasteiger partial charge is 0.404 e. The number of nitrogens with one attached hydrogen (secondary N) is 1. The van der Waals surface area contributed by atoms with Gasteiger partial charge in [0.2, 0.25) is 0 Å². The molecule has 1 saturated heterocycles. The van der Waals surface area contributed by atoms with Crippen LogP contribution in [0.4, 0.5) is 13.6 Å². The zero-order valence-electron chi connectivity index (χ0n) is 13.5. The third-order valence-corrected chi connectivity index (χ3v) is 4.23. The molecule has 2 N–H and O–H groups in total. The molecule has 1 aliphatic rings. The number of rotatable bonds is 5. The number of halogens is 3. The van der Waals surface area contributed by atoms with Crippen LogP contribution in [0.3, 0.4) is 0 Å². The SMILES string of the molecule is O=C(O)N[C@H]1CCOC[C@@H]1COc1cc(F)c(-n2cc(Cl)cn2)cc1F. The molecule has 1 aliphatic heterocycles. The normalized spacial score (nSPS) is 20.0. The summed E-state index contributed by atoms with van der Waals surface area (Å²) < 4.78 is 40.4. The number of carbonyl (C=O) groups is 1. The molecule has 0 unspecified atom stereocenters. The van der Waals surface area contributed by atoms with Gasteiger partial charge in [0, 0.05) is 36.9 Å². The fourth-order valence-electron chi connectivity index (χ4n) is 2.74. The topological polar surface area (TPSA) is 85.6 Å². The molecular weight excluding hydrogens is 372 g/mol. The van der Waals surface area contributed by atoms with Gasteiger partial charge in [-0.25, -0.2) is 18.3 Å². The number of amides is 1. The Hall–Kier alpha value is -2.39. The lowest BCUT2D eigenvalue weighted by atomic mass is 9.97. The van der Waals surface area contributed by atoms with Crippen LogP contribution in [0.15, 0.2) is 24.5 Å². The predicted octanol–water partition coefficient (Wildman–Crippen LogP) is 2.86. The van der Waals surface area contributed by atoms with E-state index >= 15 is 0 Å². The lowest BCUT2D eigenvalue weighted by Crippen LogP contribution is -2.47. The molecule has 0 radical (unpaired) electrons. The number of hydrogen-bond acceptors (Lipinski definition) is 4. The summed E-state index contributed by atoms with van der Waals surface area (Å²) in [6, 6.07) is 1.50. The van der Waals surface area contributed by atoms with Crippen LogP contribution in [0, 0.1) is 17.6 Å². The highest BCUT2D eigenvalue weighted by atomic mass is 35.5. The Morgan fingerprint density at radius 3 is 2.96 bits per heavy atom. The Balaban J connectivity index is 1.71. The maximum Gasteiger partial charge on any atom is 0.404 e. The summed E-state index contributed by atoms with van der Waals surface area (Å²) in [4.78, 5) is 10.8. The average molecular weight is 388 g/mol. The summed E-state index contributed by atoms with van der Waals surface area (Å²) in [5.74, 6) is -2.09. The number of carboxylic acid groups (broad SMARTS) is 1. The number of benzene rings is 1. The summed E-state index contributed by atoms with van der Waals surface area (Å²) in [6.07, 6.45) is 1.99. The molecule has 2 heterocycles. The summed E-state index contributed by atoms with van der Waals surface area (Å²) in [5.41, 5.74) is -0.104. The molecule has 7 nitrogen and oxygen atoms in total. The van der Waals surface area contributed by atoms with Crippen molar-refractivity contribution in [1.29, 1.82) is 0 Å². The molecule has 0 aliphatic carbocycles. The van der Waals surface area contributed by atoms with Crippen molar-refractivity contribution in [2.24, 2.45) is 5.92 Å². The first kappa shape index (κ1) is 18.4. The van der Waals surface area contributed by atoms with Crippen molar-refractivity contribution < 1.29 is 28.2 Å². The standard InChI is InChI=1S/C16H16ClF2N3O4/c17-10-5-20-22(6-10)14-3-12(19)15(4-11(14)18)26-8-9-7-25-2-1-13(9)21-16(23)24/h3-6,9,13,21H,1-2,7-8H2,(H,23,24)/t9-,13+/m1/s1. The van der Waals surface area contributed by atoms with Gasteiger partial charge in [-0.2, -0.15) is 5.10 Å². The van der Waals surface area contributed by atoms with Crippen molar-refractivity contribution in [2.75, 3.05) is 19.8 Å². The number of aromatic nitrogens is 2. The molecule has 3 rings (SSSR count). The summed E-state index contributed by atoms with van der Waals surface area (Å²) in [7, 11) is 0. The second-order valence-corrected chi connectivity index (χ2v) is 6.26. The number of hydrogen-bond donors (Lipinski definition) is 2. The van der Waals surface area contributed by atoms with Crippen molar-refractivity contribution in [1.82, 2.24) is 15.1 Å². The highest BCUT2D eigenvalue weighted by Crippen LogP contribution is 2.26. The van der Waals surface area contributed by atoms with E-state index in [9.17, 15) is 13.6 Å². The zero-order valence-corrected chi connectivity index (χ0v) is 14.2. The van der Waals surface area contributed by atoms with Crippen LogP contribution in [0.25, 0.3) is 5.69 Å². The lowest BCUT2D eigenvalue weighted by molar-refractivity contribution is 0.0133. The Labute approximate surface area is 152 Å². The molecule has 1 amide bonds. The first-order valence-corrected chi connectivity index (χ1v) is 8.21. The van der Waals surface area contributed by atoms with Crippen LogP contribution in [-0.4, -0.2) is 46.8 Å². The molecule has 26 heavy (non-hydrogen) atoms. The van der Waals surface area contributed by atoms with Crippen molar-refractivity contribution >= 4 is 17.7 Å². The lowest BCUT2D eigenvalue weighted by Gasteiger charge is -2.31. The molecule has 10 heteroatoms. The van der Waals surface area contributed by atoms with Crippen molar-refractivity contribution in [2.45, 2.75) is 12.5 Å². The largest absolute Gasteiger partial charge is 0.490 e. The quantitative estimate of drug-likeness (QED) is 0.824. The van der Waals surface area contributed by atoms with Crippen LogP contribution in [0.5, 0.6) is 5.75 Å². The van der Waals surface area contributed by atoms with Crippen LogP contribution < -0.4 is 10.1 Å². The van der Waals surface area contributed by atoms with E-state index in [-0.39, 0.29) is 36.6 Å². The Morgan fingerprint density at radius 2 is 2.27 bits per heavy atom. The van der Waals surface area contributed by atoms with E-state index in [1.54, 1.807) is 0 Å². The van der Waals surface area contributed by atoms with E-state index in [1.165, 1.54) is 12.4 Å². The summed E-state index contributed by atoms with van der Waals surface area (Å²) in [6.45, 7) is 0.665. The molecule has 1 aromatic heterocycles. The molecule has 2 atom stereocenters. The minimum absolute atomic E-state index is 0.0196. The molecule has 140 valence electrons. The monoisotopic (exact) mass is 387 g/mol. The number of ether oxygens (including phenoxy) is 2. The van der Waals surface area contributed by atoms with E-state index in [2.05, 4.69) is 10.4 Å². The van der Waals surface area contributed by atoms with E-state index < -0.39 is 17.7 Å². The van der Waals surface area contributed by atoms with Crippen LogP contribution in [0.2, 0.25) is 5.02 Å². The van der Waals surface area contributed by atoms with Gasteiger partial charge < -0.3 is 19.9 Å². The van der Waals surface area contributed by atoms with Gasteiger partial charge in [-0.15, -0.1) is 0 Å². The van der Waals surface area contributed by atoms with Crippen LogP contribution in [0.1, 0.15) is 6.42 Å². The molecule has 0 saturated carbocycles. The first-order chi connectivity index (χ1) is 12.4. The van der Waals surface area contributed by atoms with E-state index in [0.717, 1.165) is 16.8 Å². The van der Waals surface area contributed by atoms with Crippen molar-refractivity contribution in [3.05, 3.63) is 41.2 Å². The van der Waals surface area contributed by atoms with Crippen LogP contribution in [-0.2, 0) is 4.74 Å². The minimum Gasteiger partial charge on any atom is -0.490 e. The molecular formula is C16H16ClF2N3O4. The first-order valence-electron chi connectivity index (χ1n) is 7.83. The maximum absolute atomic E-state index is 14.3. The number of nitrogens with zero attached hydrogens (tertiary/aromatic N) is 2. The van der Waals surface area contributed by atoms with Gasteiger partial charge in [0.1, 0.15) is 5.69 Å². The van der Waals surface area contributed by atoms with Gasteiger partial charge in [0.25, 0.3) is 0 Å². The van der Waals surface area contributed by atoms with Crippen molar-refractivity contribution in [3.63, 3.8) is 0 Å². The van der Waals surface area contributed by atoms with Gasteiger partial charge in [-0.1, -0.05) is 11.6 Å². The fourth-order valence-corrected chi connectivity index (χ4v) is 2.88. The third kappa shape index (κ3) is 4.23. The molecule has 2 aromatic rings. The minimum atomic E-state index is -1.15. The van der Waals surface area contributed by atoms with Gasteiger partial charge in [-0.05, 0) is 6.42 Å². The summed E-state index contributed by atoms with van der Waals surface area (Å²) >= 11 is 5.74. The molecule has 1 fully saturated rings. The molecule has 1 aromatic carbocycles. The second-order valence-electron chi connectivity index (χ2n) is 5.83. The predicted molar refractivity (Wildman–Crippen MR) is 87.9 cm³/mol. The maximum atomic E-state index is 14.3. The summed E-state index contributed by atoms with van der Waals surface area (Å²) in [5, 5.41) is 15.4. The zero-order chi connectivity index (χ0) is 18.7. The fraction of sp³-hybridized carbons (Fsp3) is 0.375. The molecule has 0 spiro atoms. The van der Waals surface area contributed by atoms with Crippen LogP contribution >= 0.6 is 11.6 Å². The Kier molecular flexibility index (Phi) is 5.58. The average Bonchev–Trinajstić information content (AvgIpc) is 3.02. The Bertz CT molecular complexity index is 802. The third-order valence-electron chi connectivity index (χ3n) is 4.04. The van der Waals surface area contributed by atoms with E-state index in [4.69, 9.17) is 26.2 Å². The highest BCUT2D eigenvalue weighted by Gasteiger charge is 2.28. The second kappa shape index (κ2) is 7.88. The van der Waals surface area contributed by atoms with Crippen molar-refractivity contribution in [3.8, 4) is 11.4 Å². The van der Waals surface area contributed by atoms with Gasteiger partial charge in [0.15, 0.2) is 17.4 Å². The Morgan fingerprint density at radius 1 is 1.46 bits per heavy atom.